The number of amides is 1. The van der Waals surface area contributed by atoms with Gasteiger partial charge in [0.25, 0.3) is 5.91 Å². The van der Waals surface area contributed by atoms with Gasteiger partial charge in [0, 0.05) is 21.7 Å². The molecule has 0 aromatic heterocycles. The van der Waals surface area contributed by atoms with Crippen molar-refractivity contribution in [2.24, 2.45) is 5.41 Å². The zero-order chi connectivity index (χ0) is 15.6. The molecule has 1 unspecified atom stereocenters. The minimum absolute atomic E-state index is 0.138. The molecule has 1 N–H and O–H groups in total. The van der Waals surface area contributed by atoms with Gasteiger partial charge in [-0.2, -0.15) is 0 Å². The Kier molecular flexibility index (Phi) is 5.14. The van der Waals surface area contributed by atoms with Gasteiger partial charge in [0.1, 0.15) is 0 Å². The van der Waals surface area contributed by atoms with Gasteiger partial charge >= 0.3 is 5.97 Å². The predicted octanol–water partition coefficient (Wildman–Crippen LogP) is 3.66. The summed E-state index contributed by atoms with van der Waals surface area (Å²) in [6, 6.07) is 5.18. The van der Waals surface area contributed by atoms with Crippen LogP contribution in [0.15, 0.2) is 18.2 Å². The molecule has 2 rings (SSSR count). The highest BCUT2D eigenvalue weighted by Gasteiger charge is 2.42. The Morgan fingerprint density at radius 2 is 2.19 bits per heavy atom. The molecule has 1 aliphatic heterocycles. The molecule has 1 amide bonds. The van der Waals surface area contributed by atoms with Crippen molar-refractivity contribution in [1.29, 1.82) is 0 Å². The van der Waals surface area contributed by atoms with Crippen LogP contribution in [0.1, 0.15) is 36.5 Å². The first-order valence-corrected chi connectivity index (χ1v) is 8.33. The van der Waals surface area contributed by atoms with Gasteiger partial charge in [0.15, 0.2) is 0 Å². The van der Waals surface area contributed by atoms with Crippen molar-refractivity contribution in [2.45, 2.75) is 26.2 Å². The first-order chi connectivity index (χ1) is 9.89. The number of carbonyl (C=O) groups is 2. The Balaban J connectivity index is 2.27. The SMILES string of the molecule is CCC1(C(=O)O)CCCN(C(=O)c2cc(Cl)ccc2I)C1. The van der Waals surface area contributed by atoms with E-state index < -0.39 is 11.4 Å². The Hall–Kier alpha value is -0.820. The maximum atomic E-state index is 12.7. The third-order valence-corrected chi connectivity index (χ3v) is 5.33. The molecule has 114 valence electrons. The van der Waals surface area contributed by atoms with Crippen LogP contribution in [0.3, 0.4) is 0 Å². The molecule has 0 radical (unpaired) electrons. The van der Waals surface area contributed by atoms with Crippen LogP contribution in [-0.4, -0.2) is 35.0 Å². The third-order valence-electron chi connectivity index (χ3n) is 4.15. The zero-order valence-electron chi connectivity index (χ0n) is 11.7. The molecule has 1 aromatic carbocycles. The topological polar surface area (TPSA) is 57.6 Å². The largest absolute Gasteiger partial charge is 0.481 e. The number of carboxylic acids is 1. The second-order valence-electron chi connectivity index (χ2n) is 5.39. The number of nitrogens with zero attached hydrogens (tertiary/aromatic N) is 1. The van der Waals surface area contributed by atoms with Crippen LogP contribution >= 0.6 is 34.2 Å². The number of rotatable bonds is 3. The van der Waals surface area contributed by atoms with Crippen molar-refractivity contribution >= 4 is 46.1 Å². The highest BCUT2D eigenvalue weighted by molar-refractivity contribution is 14.1. The van der Waals surface area contributed by atoms with Crippen molar-refractivity contribution < 1.29 is 14.7 Å². The van der Waals surface area contributed by atoms with E-state index in [1.165, 1.54) is 0 Å². The lowest BCUT2D eigenvalue weighted by molar-refractivity contribution is -0.152. The first kappa shape index (κ1) is 16.5. The fraction of sp³-hybridized carbons (Fsp3) is 0.467. The molecule has 4 nitrogen and oxygen atoms in total. The normalized spacial score (nSPS) is 22.1. The summed E-state index contributed by atoms with van der Waals surface area (Å²) in [6.45, 7) is 2.72. The number of carboxylic acid groups (broad SMARTS) is 1. The number of piperidine rings is 1. The summed E-state index contributed by atoms with van der Waals surface area (Å²) in [5.74, 6) is -0.955. The van der Waals surface area contributed by atoms with E-state index in [-0.39, 0.29) is 12.5 Å². The van der Waals surface area contributed by atoms with Gasteiger partial charge in [0.05, 0.1) is 11.0 Å². The van der Waals surface area contributed by atoms with Crippen LogP contribution < -0.4 is 0 Å². The second-order valence-corrected chi connectivity index (χ2v) is 6.99. The predicted molar refractivity (Wildman–Crippen MR) is 89.7 cm³/mol. The van der Waals surface area contributed by atoms with Gasteiger partial charge in [-0.05, 0) is 60.1 Å². The summed E-state index contributed by atoms with van der Waals surface area (Å²) in [7, 11) is 0. The van der Waals surface area contributed by atoms with Crippen LogP contribution in [0.4, 0.5) is 0 Å². The molecule has 0 spiro atoms. The van der Waals surface area contributed by atoms with E-state index in [0.717, 1.165) is 3.57 Å². The molecule has 0 bridgehead atoms. The number of aliphatic carboxylic acids is 1. The number of hydrogen-bond donors (Lipinski definition) is 1. The number of halogens is 2. The first-order valence-electron chi connectivity index (χ1n) is 6.87. The second kappa shape index (κ2) is 6.52. The summed E-state index contributed by atoms with van der Waals surface area (Å²) in [5.41, 5.74) is -0.279. The van der Waals surface area contributed by atoms with Crippen molar-refractivity contribution in [3.8, 4) is 0 Å². The zero-order valence-corrected chi connectivity index (χ0v) is 14.6. The molecule has 1 heterocycles. The van der Waals surface area contributed by atoms with E-state index in [0.29, 0.717) is 36.4 Å². The number of benzene rings is 1. The highest BCUT2D eigenvalue weighted by Crippen LogP contribution is 2.34. The van der Waals surface area contributed by atoms with Crippen LogP contribution in [0.2, 0.25) is 5.02 Å². The van der Waals surface area contributed by atoms with E-state index in [1.54, 1.807) is 23.1 Å². The van der Waals surface area contributed by atoms with E-state index in [9.17, 15) is 14.7 Å². The Labute approximate surface area is 142 Å². The van der Waals surface area contributed by atoms with Crippen LogP contribution in [0.25, 0.3) is 0 Å². The Bertz CT molecular complexity index is 578. The van der Waals surface area contributed by atoms with E-state index in [1.807, 2.05) is 6.92 Å². The van der Waals surface area contributed by atoms with Gasteiger partial charge < -0.3 is 10.0 Å². The minimum Gasteiger partial charge on any atom is -0.481 e. The Morgan fingerprint density at radius 3 is 2.81 bits per heavy atom. The van der Waals surface area contributed by atoms with E-state index in [2.05, 4.69) is 22.6 Å². The van der Waals surface area contributed by atoms with Gasteiger partial charge in [-0.3, -0.25) is 9.59 Å². The lowest BCUT2D eigenvalue weighted by Gasteiger charge is -2.39. The molecule has 21 heavy (non-hydrogen) atoms. The molecule has 1 atom stereocenters. The molecule has 0 aliphatic carbocycles. The fourth-order valence-electron chi connectivity index (χ4n) is 2.75. The third kappa shape index (κ3) is 3.34. The summed E-state index contributed by atoms with van der Waals surface area (Å²) in [6.07, 6.45) is 1.86. The number of likely N-dealkylation sites (tertiary alicyclic amines) is 1. The smallest absolute Gasteiger partial charge is 0.311 e. The van der Waals surface area contributed by atoms with E-state index >= 15 is 0 Å². The number of hydrogen-bond acceptors (Lipinski definition) is 2. The monoisotopic (exact) mass is 421 g/mol. The summed E-state index contributed by atoms with van der Waals surface area (Å²) in [4.78, 5) is 25.9. The molecular weight excluding hydrogens is 405 g/mol. The minimum atomic E-state index is -0.822. The maximum Gasteiger partial charge on any atom is 0.311 e. The summed E-state index contributed by atoms with van der Waals surface area (Å²) >= 11 is 8.06. The van der Waals surface area contributed by atoms with Gasteiger partial charge in [-0.1, -0.05) is 18.5 Å². The summed E-state index contributed by atoms with van der Waals surface area (Å²) < 4.78 is 0.824. The quantitative estimate of drug-likeness (QED) is 0.758. The van der Waals surface area contributed by atoms with Crippen LogP contribution in [0, 0.1) is 8.99 Å². The molecule has 1 aromatic rings. The van der Waals surface area contributed by atoms with Crippen molar-refractivity contribution in [3.05, 3.63) is 32.4 Å². The fourth-order valence-corrected chi connectivity index (χ4v) is 3.49. The molecule has 1 fully saturated rings. The van der Waals surface area contributed by atoms with Gasteiger partial charge in [0.2, 0.25) is 0 Å². The maximum absolute atomic E-state index is 12.7. The summed E-state index contributed by atoms with van der Waals surface area (Å²) in [5, 5.41) is 10.0. The van der Waals surface area contributed by atoms with Gasteiger partial charge in [-0.25, -0.2) is 0 Å². The van der Waals surface area contributed by atoms with E-state index in [4.69, 9.17) is 11.6 Å². The van der Waals surface area contributed by atoms with Crippen LogP contribution in [-0.2, 0) is 4.79 Å². The molecule has 6 heteroatoms. The lowest BCUT2D eigenvalue weighted by atomic mass is 9.77. The van der Waals surface area contributed by atoms with Crippen molar-refractivity contribution in [2.75, 3.05) is 13.1 Å². The van der Waals surface area contributed by atoms with Crippen molar-refractivity contribution in [1.82, 2.24) is 4.90 Å². The lowest BCUT2D eigenvalue weighted by Crippen LogP contribution is -2.49. The number of carbonyl (C=O) groups excluding carboxylic acids is 1. The van der Waals surface area contributed by atoms with Crippen LogP contribution in [0.5, 0.6) is 0 Å². The molecule has 0 saturated carbocycles. The standard InChI is InChI=1S/C15H17ClINO3/c1-2-15(14(20)21)6-3-7-18(9-15)13(19)11-8-10(16)4-5-12(11)17/h4-5,8H,2-3,6-7,9H2,1H3,(H,20,21). The molecule has 1 aliphatic rings. The highest BCUT2D eigenvalue weighted by atomic mass is 127. The molecular formula is C15H17ClINO3. The van der Waals surface area contributed by atoms with Gasteiger partial charge in [-0.15, -0.1) is 0 Å². The average Bonchev–Trinajstić information content (AvgIpc) is 2.48. The molecule has 1 saturated heterocycles. The average molecular weight is 422 g/mol. The van der Waals surface area contributed by atoms with Crippen molar-refractivity contribution in [3.63, 3.8) is 0 Å². The Morgan fingerprint density at radius 1 is 1.48 bits per heavy atom.